The average molecular weight is 663 g/mol. The predicted octanol–water partition coefficient (Wildman–Crippen LogP) is 8.54. The van der Waals surface area contributed by atoms with E-state index in [9.17, 15) is 36.7 Å². The molecule has 0 bridgehead atoms. The molecule has 0 aliphatic carbocycles. The van der Waals surface area contributed by atoms with Crippen LogP contribution >= 0.6 is 23.2 Å². The molecule has 5 nitrogen and oxygen atoms in total. The summed E-state index contributed by atoms with van der Waals surface area (Å²) in [6.45, 7) is 0.742. The molecule has 0 spiro atoms. The number of likely N-dealkylation sites (tertiary alicyclic amines) is 1. The number of halogens is 8. The molecule has 238 valence electrons. The van der Waals surface area contributed by atoms with Crippen LogP contribution in [0, 0.1) is 0 Å². The summed E-state index contributed by atoms with van der Waals surface area (Å²) >= 11 is 12.3. The second kappa shape index (κ2) is 14.1. The van der Waals surface area contributed by atoms with Crippen molar-refractivity contribution in [3.8, 4) is 0 Å². The van der Waals surface area contributed by atoms with Gasteiger partial charge in [0, 0.05) is 19.0 Å². The molecule has 0 amide bonds. The van der Waals surface area contributed by atoms with E-state index in [0.717, 1.165) is 5.56 Å². The number of piperidine rings is 1. The minimum absolute atomic E-state index is 0.0473. The molecule has 1 atom stereocenters. The zero-order valence-corrected chi connectivity index (χ0v) is 24.8. The minimum Gasteiger partial charge on any atom is -0.411 e. The SMILES string of the molecule is O/N=C(/COCc1cc(C(F)(F)F)cc(C(F)(F)F)c1)C(CCN1CCC(O)(c2ccccc2)CC1)c1ccc(Cl)c(Cl)c1. The largest absolute Gasteiger partial charge is 0.416 e. The molecule has 2 N–H and O–H groups in total. The standard InChI is InChI=1S/C31H30Cl2F6N2O3/c32-26-7-6-21(16-27(26)33)25(8-11-41-12-9-29(42,10-13-41)22-4-2-1-3-5-22)28(40-43)19-44-18-20-14-23(30(34,35)36)17-24(15-20)31(37,38)39/h1-7,14-17,25,42-43H,8-13,18-19H2/b40-28-. The van der Waals surface area contributed by atoms with E-state index in [1.165, 1.54) is 0 Å². The average Bonchev–Trinajstić information content (AvgIpc) is 2.98. The van der Waals surface area contributed by atoms with Crippen LogP contribution in [0.2, 0.25) is 10.0 Å². The number of nitrogens with zero attached hydrogens (tertiary/aromatic N) is 2. The van der Waals surface area contributed by atoms with Gasteiger partial charge in [-0.3, -0.25) is 0 Å². The molecule has 0 aromatic heterocycles. The van der Waals surface area contributed by atoms with Crippen LogP contribution in [0.1, 0.15) is 53.0 Å². The molecule has 44 heavy (non-hydrogen) atoms. The van der Waals surface area contributed by atoms with Crippen molar-refractivity contribution < 1.29 is 41.4 Å². The lowest BCUT2D eigenvalue weighted by Crippen LogP contribution is -2.43. The Morgan fingerprint density at radius 3 is 2.05 bits per heavy atom. The third-order valence-corrected chi connectivity index (χ3v) is 8.51. The molecule has 1 aliphatic heterocycles. The summed E-state index contributed by atoms with van der Waals surface area (Å²) in [5.41, 5.74) is -2.59. The highest BCUT2D eigenvalue weighted by molar-refractivity contribution is 6.42. The Labute approximate surface area is 260 Å². The molecule has 1 unspecified atom stereocenters. The summed E-state index contributed by atoms with van der Waals surface area (Å²) in [5, 5.41) is 25.0. The first-order valence-electron chi connectivity index (χ1n) is 13.7. The molecule has 1 aliphatic rings. The van der Waals surface area contributed by atoms with Gasteiger partial charge in [-0.2, -0.15) is 26.3 Å². The van der Waals surface area contributed by atoms with Gasteiger partial charge in [0.2, 0.25) is 0 Å². The first kappa shape index (κ1) is 34.1. The van der Waals surface area contributed by atoms with E-state index >= 15 is 0 Å². The van der Waals surface area contributed by atoms with Crippen molar-refractivity contribution in [3.05, 3.63) is 105 Å². The van der Waals surface area contributed by atoms with Gasteiger partial charge >= 0.3 is 12.4 Å². The van der Waals surface area contributed by atoms with Crippen LogP contribution in [-0.2, 0) is 29.3 Å². The second-order valence-corrected chi connectivity index (χ2v) is 11.6. The van der Waals surface area contributed by atoms with Crippen LogP contribution in [0.15, 0.2) is 71.9 Å². The maximum atomic E-state index is 13.3. The number of ether oxygens (including phenoxy) is 1. The molecule has 13 heteroatoms. The first-order chi connectivity index (χ1) is 20.7. The number of alkyl halides is 6. The fraction of sp³-hybridized carbons (Fsp3) is 0.387. The summed E-state index contributed by atoms with van der Waals surface area (Å²) in [7, 11) is 0. The number of rotatable bonds is 10. The fourth-order valence-electron chi connectivity index (χ4n) is 5.33. The quantitative estimate of drug-likeness (QED) is 0.0988. The molecular weight excluding hydrogens is 633 g/mol. The summed E-state index contributed by atoms with van der Waals surface area (Å²) in [5.74, 6) is -0.572. The highest BCUT2D eigenvalue weighted by Crippen LogP contribution is 2.37. The van der Waals surface area contributed by atoms with Crippen LogP contribution in [0.3, 0.4) is 0 Å². The van der Waals surface area contributed by atoms with Crippen molar-refractivity contribution in [1.29, 1.82) is 0 Å². The van der Waals surface area contributed by atoms with E-state index in [1.54, 1.807) is 18.2 Å². The van der Waals surface area contributed by atoms with E-state index in [4.69, 9.17) is 27.9 Å². The molecule has 0 saturated carbocycles. The van der Waals surface area contributed by atoms with Crippen LogP contribution in [-0.4, -0.2) is 47.2 Å². The molecule has 3 aromatic carbocycles. The molecule has 1 saturated heterocycles. The van der Waals surface area contributed by atoms with Crippen LogP contribution in [0.5, 0.6) is 0 Å². The van der Waals surface area contributed by atoms with E-state index in [2.05, 4.69) is 10.1 Å². The maximum absolute atomic E-state index is 13.3. The summed E-state index contributed by atoms with van der Waals surface area (Å²) < 4.78 is 85.1. The highest BCUT2D eigenvalue weighted by Gasteiger charge is 2.37. The normalized spacial score (nSPS) is 17.1. The lowest BCUT2D eigenvalue weighted by Gasteiger charge is -2.39. The van der Waals surface area contributed by atoms with Gasteiger partial charge in [-0.15, -0.1) is 0 Å². The topological polar surface area (TPSA) is 65.3 Å². The lowest BCUT2D eigenvalue weighted by atomic mass is 9.84. The van der Waals surface area contributed by atoms with E-state index in [-0.39, 0.29) is 29.0 Å². The van der Waals surface area contributed by atoms with Gasteiger partial charge in [-0.25, -0.2) is 0 Å². The van der Waals surface area contributed by atoms with E-state index < -0.39 is 41.6 Å². The molecule has 4 rings (SSSR count). The Balaban J connectivity index is 1.47. The molecule has 1 heterocycles. The van der Waals surface area contributed by atoms with E-state index in [0.29, 0.717) is 61.6 Å². The monoisotopic (exact) mass is 662 g/mol. The Hall–Kier alpha value is -2.83. The van der Waals surface area contributed by atoms with Gasteiger partial charge < -0.3 is 20.0 Å². The van der Waals surface area contributed by atoms with Crippen molar-refractivity contribution in [2.75, 3.05) is 26.2 Å². The predicted molar refractivity (Wildman–Crippen MR) is 155 cm³/mol. The zero-order chi connectivity index (χ0) is 32.1. The number of hydrogen-bond donors (Lipinski definition) is 2. The van der Waals surface area contributed by atoms with Crippen LogP contribution in [0.25, 0.3) is 0 Å². The number of hydrogen-bond acceptors (Lipinski definition) is 5. The van der Waals surface area contributed by atoms with Crippen molar-refractivity contribution in [1.82, 2.24) is 4.90 Å². The van der Waals surface area contributed by atoms with Crippen LogP contribution in [0.4, 0.5) is 26.3 Å². The Bertz CT molecular complexity index is 1410. The fourth-order valence-corrected chi connectivity index (χ4v) is 5.63. The van der Waals surface area contributed by atoms with Gasteiger partial charge in [-0.1, -0.05) is 64.8 Å². The Kier molecular flexibility index (Phi) is 10.9. The van der Waals surface area contributed by atoms with E-state index in [1.807, 2.05) is 30.3 Å². The highest BCUT2D eigenvalue weighted by atomic mass is 35.5. The second-order valence-electron chi connectivity index (χ2n) is 10.8. The van der Waals surface area contributed by atoms with Gasteiger partial charge in [-0.05, 0) is 72.8 Å². The molecular formula is C31H30Cl2F6N2O3. The molecule has 1 fully saturated rings. The Morgan fingerprint density at radius 2 is 1.50 bits per heavy atom. The smallest absolute Gasteiger partial charge is 0.411 e. The van der Waals surface area contributed by atoms with Gasteiger partial charge in [0.05, 0.1) is 45.7 Å². The lowest BCUT2D eigenvalue weighted by molar-refractivity contribution is -0.143. The van der Waals surface area contributed by atoms with Crippen LogP contribution < -0.4 is 0 Å². The Morgan fingerprint density at radius 1 is 0.886 bits per heavy atom. The van der Waals surface area contributed by atoms with Crippen molar-refractivity contribution in [3.63, 3.8) is 0 Å². The zero-order valence-electron chi connectivity index (χ0n) is 23.3. The number of benzene rings is 3. The number of aliphatic hydroxyl groups is 1. The van der Waals surface area contributed by atoms with Gasteiger partial charge in [0.25, 0.3) is 0 Å². The van der Waals surface area contributed by atoms with Crippen molar-refractivity contribution >= 4 is 28.9 Å². The molecule has 0 radical (unpaired) electrons. The molecule has 3 aromatic rings. The van der Waals surface area contributed by atoms with Gasteiger partial charge in [0.1, 0.15) is 0 Å². The van der Waals surface area contributed by atoms with Gasteiger partial charge in [0.15, 0.2) is 0 Å². The van der Waals surface area contributed by atoms with Crippen molar-refractivity contribution in [2.24, 2.45) is 5.16 Å². The third kappa shape index (κ3) is 8.66. The van der Waals surface area contributed by atoms with Crippen molar-refractivity contribution in [2.45, 2.75) is 49.7 Å². The minimum atomic E-state index is -4.99. The summed E-state index contributed by atoms with van der Waals surface area (Å²) in [6.07, 6.45) is -8.55. The first-order valence-corrected chi connectivity index (χ1v) is 14.5. The maximum Gasteiger partial charge on any atom is 0.416 e. The summed E-state index contributed by atoms with van der Waals surface area (Å²) in [4.78, 5) is 2.15. The number of oxime groups is 1. The third-order valence-electron chi connectivity index (χ3n) is 7.77. The summed E-state index contributed by atoms with van der Waals surface area (Å²) in [6, 6.07) is 15.5.